The Labute approximate surface area is 131 Å². The molecule has 1 aromatic heterocycles. The summed E-state index contributed by atoms with van der Waals surface area (Å²) in [6.45, 7) is 8.55. The Kier molecular flexibility index (Phi) is 4.51. The highest BCUT2D eigenvalue weighted by atomic mass is 32.2. The monoisotopic (exact) mass is 328 g/mol. The van der Waals surface area contributed by atoms with Crippen molar-refractivity contribution < 1.29 is 12.8 Å². The van der Waals surface area contributed by atoms with Gasteiger partial charge in [-0.1, -0.05) is 0 Å². The highest BCUT2D eigenvalue weighted by molar-refractivity contribution is 7.92. The molecule has 0 spiro atoms. The summed E-state index contributed by atoms with van der Waals surface area (Å²) in [7, 11) is -1.38. The quantitative estimate of drug-likeness (QED) is 0.640. The van der Waals surface area contributed by atoms with Crippen LogP contribution in [0.1, 0.15) is 31.2 Å². The highest BCUT2D eigenvalue weighted by Gasteiger charge is 2.40. The SMILES string of the molecule is CN=C(NCc1nc(C)c(C)o1)N1CCS(=O)(=O)C(C)(C)C1. The molecule has 0 unspecified atom stereocenters. The lowest BCUT2D eigenvalue weighted by atomic mass is 10.2. The Balaban J connectivity index is 2.04. The fraction of sp³-hybridized carbons (Fsp3) is 0.714. The van der Waals surface area contributed by atoms with Crippen LogP contribution in [-0.2, 0) is 16.4 Å². The Hall–Kier alpha value is -1.57. The summed E-state index contributed by atoms with van der Waals surface area (Å²) >= 11 is 0. The van der Waals surface area contributed by atoms with Gasteiger partial charge in [0.05, 0.1) is 22.7 Å². The summed E-state index contributed by atoms with van der Waals surface area (Å²) in [6.07, 6.45) is 0. The van der Waals surface area contributed by atoms with Crippen LogP contribution in [0.4, 0.5) is 0 Å². The Morgan fingerprint density at radius 2 is 2.14 bits per heavy atom. The van der Waals surface area contributed by atoms with Crippen LogP contribution in [0.5, 0.6) is 0 Å². The van der Waals surface area contributed by atoms with Gasteiger partial charge in [0.2, 0.25) is 5.89 Å². The smallest absolute Gasteiger partial charge is 0.214 e. The summed E-state index contributed by atoms with van der Waals surface area (Å²) in [5, 5.41) is 3.19. The first-order chi connectivity index (χ1) is 10.2. The number of oxazole rings is 1. The van der Waals surface area contributed by atoms with Crippen LogP contribution >= 0.6 is 0 Å². The number of aromatic nitrogens is 1. The maximum atomic E-state index is 12.1. The molecule has 1 aliphatic heterocycles. The fourth-order valence-corrected chi connectivity index (χ4v) is 3.79. The van der Waals surface area contributed by atoms with Crippen molar-refractivity contribution in [1.29, 1.82) is 0 Å². The lowest BCUT2D eigenvalue weighted by Crippen LogP contribution is -2.57. The third-order valence-corrected chi connectivity index (χ3v) is 6.56. The number of hydrogen-bond donors (Lipinski definition) is 1. The average Bonchev–Trinajstić information content (AvgIpc) is 2.73. The molecule has 0 aliphatic carbocycles. The van der Waals surface area contributed by atoms with Crippen molar-refractivity contribution in [3.05, 3.63) is 17.3 Å². The van der Waals surface area contributed by atoms with E-state index in [1.165, 1.54) is 0 Å². The second-order valence-corrected chi connectivity index (χ2v) is 8.89. The molecule has 1 aliphatic rings. The minimum absolute atomic E-state index is 0.137. The third-order valence-electron chi connectivity index (χ3n) is 4.03. The van der Waals surface area contributed by atoms with Gasteiger partial charge in [0.15, 0.2) is 15.8 Å². The van der Waals surface area contributed by atoms with Crippen LogP contribution in [0.2, 0.25) is 0 Å². The van der Waals surface area contributed by atoms with Gasteiger partial charge in [-0.05, 0) is 27.7 Å². The molecule has 8 heteroatoms. The van der Waals surface area contributed by atoms with Gasteiger partial charge in [-0.3, -0.25) is 4.99 Å². The summed E-state index contributed by atoms with van der Waals surface area (Å²) < 4.78 is 28.9. The summed E-state index contributed by atoms with van der Waals surface area (Å²) in [6, 6.07) is 0. The highest BCUT2D eigenvalue weighted by Crippen LogP contribution is 2.23. The van der Waals surface area contributed by atoms with Crippen LogP contribution < -0.4 is 5.32 Å². The van der Waals surface area contributed by atoms with Gasteiger partial charge in [-0.15, -0.1) is 0 Å². The number of rotatable bonds is 2. The number of nitrogens with one attached hydrogen (secondary N) is 1. The number of sulfone groups is 1. The second-order valence-electron chi connectivity index (χ2n) is 6.15. The van der Waals surface area contributed by atoms with E-state index < -0.39 is 14.6 Å². The Morgan fingerprint density at radius 1 is 1.45 bits per heavy atom. The van der Waals surface area contributed by atoms with Gasteiger partial charge in [-0.25, -0.2) is 13.4 Å². The number of nitrogens with zero attached hydrogens (tertiary/aromatic N) is 3. The minimum atomic E-state index is -3.06. The van der Waals surface area contributed by atoms with Crippen molar-refractivity contribution in [2.75, 3.05) is 25.9 Å². The molecule has 0 radical (unpaired) electrons. The standard InChI is InChI=1S/C14H24N4O3S/c1-10-11(2)21-12(17-10)8-16-13(15-5)18-6-7-22(19,20)14(3,4)9-18/h6-9H2,1-5H3,(H,15,16). The van der Waals surface area contributed by atoms with Gasteiger partial charge in [-0.2, -0.15) is 0 Å². The molecular formula is C14H24N4O3S. The molecule has 1 fully saturated rings. The first-order valence-electron chi connectivity index (χ1n) is 7.27. The molecule has 0 atom stereocenters. The van der Waals surface area contributed by atoms with Crippen LogP contribution in [0.25, 0.3) is 0 Å². The predicted octanol–water partition coefficient (Wildman–Crippen LogP) is 0.876. The van der Waals surface area contributed by atoms with Crippen molar-refractivity contribution in [2.45, 2.75) is 39.0 Å². The maximum absolute atomic E-state index is 12.1. The van der Waals surface area contributed by atoms with Crippen LogP contribution in [0, 0.1) is 13.8 Å². The molecule has 1 aromatic rings. The molecule has 0 bridgehead atoms. The zero-order valence-corrected chi connectivity index (χ0v) is 14.6. The molecule has 1 saturated heterocycles. The first kappa shape index (κ1) is 16.8. The van der Waals surface area contributed by atoms with E-state index in [1.54, 1.807) is 20.9 Å². The van der Waals surface area contributed by atoms with Crippen LogP contribution in [0.3, 0.4) is 0 Å². The molecule has 0 aromatic carbocycles. The molecule has 0 amide bonds. The normalized spacial score (nSPS) is 21.0. The van der Waals surface area contributed by atoms with Crippen LogP contribution in [0.15, 0.2) is 9.41 Å². The van der Waals surface area contributed by atoms with Crippen LogP contribution in [-0.4, -0.2) is 54.9 Å². The molecule has 7 nitrogen and oxygen atoms in total. The van der Waals surface area contributed by atoms with E-state index in [2.05, 4.69) is 15.3 Å². The zero-order chi connectivity index (χ0) is 16.5. The molecule has 2 rings (SSSR count). The summed E-state index contributed by atoms with van der Waals surface area (Å²) in [5.74, 6) is 2.20. The van der Waals surface area contributed by atoms with Crippen molar-refractivity contribution in [2.24, 2.45) is 4.99 Å². The Morgan fingerprint density at radius 3 is 2.64 bits per heavy atom. The van der Waals surface area contributed by atoms with E-state index in [4.69, 9.17) is 4.42 Å². The maximum Gasteiger partial charge on any atom is 0.214 e. The van der Waals surface area contributed by atoms with Gasteiger partial charge < -0.3 is 14.6 Å². The molecule has 0 saturated carbocycles. The van der Waals surface area contributed by atoms with E-state index in [0.29, 0.717) is 31.5 Å². The van der Waals surface area contributed by atoms with Crippen molar-refractivity contribution >= 4 is 15.8 Å². The van der Waals surface area contributed by atoms with E-state index >= 15 is 0 Å². The molecule has 22 heavy (non-hydrogen) atoms. The largest absolute Gasteiger partial charge is 0.444 e. The first-order valence-corrected chi connectivity index (χ1v) is 8.92. The molecule has 1 N–H and O–H groups in total. The van der Waals surface area contributed by atoms with E-state index in [1.807, 2.05) is 18.7 Å². The molecule has 2 heterocycles. The number of aliphatic imine (C=N–C) groups is 1. The lowest BCUT2D eigenvalue weighted by molar-refractivity contribution is 0.350. The van der Waals surface area contributed by atoms with Crippen molar-refractivity contribution in [3.63, 3.8) is 0 Å². The third kappa shape index (κ3) is 3.26. The molecule has 124 valence electrons. The van der Waals surface area contributed by atoms with E-state index in [0.717, 1.165) is 11.5 Å². The second kappa shape index (κ2) is 5.91. The minimum Gasteiger partial charge on any atom is -0.444 e. The van der Waals surface area contributed by atoms with Gasteiger partial charge in [0, 0.05) is 20.1 Å². The number of guanidine groups is 1. The fourth-order valence-electron chi connectivity index (χ4n) is 2.43. The Bertz CT molecular complexity index is 657. The van der Waals surface area contributed by atoms with E-state index in [9.17, 15) is 8.42 Å². The summed E-state index contributed by atoms with van der Waals surface area (Å²) in [5.41, 5.74) is 0.872. The molecular weight excluding hydrogens is 304 g/mol. The van der Waals surface area contributed by atoms with E-state index in [-0.39, 0.29) is 5.75 Å². The predicted molar refractivity (Wildman–Crippen MR) is 85.6 cm³/mol. The van der Waals surface area contributed by atoms with Crippen molar-refractivity contribution in [1.82, 2.24) is 15.2 Å². The van der Waals surface area contributed by atoms with Crippen molar-refractivity contribution in [3.8, 4) is 0 Å². The lowest BCUT2D eigenvalue weighted by Gasteiger charge is -2.39. The summed E-state index contributed by atoms with van der Waals surface area (Å²) in [4.78, 5) is 10.5. The topological polar surface area (TPSA) is 87.8 Å². The zero-order valence-electron chi connectivity index (χ0n) is 13.8. The number of hydrogen-bond acceptors (Lipinski definition) is 5. The van der Waals surface area contributed by atoms with Gasteiger partial charge in [0.25, 0.3) is 0 Å². The van der Waals surface area contributed by atoms with Gasteiger partial charge in [0.1, 0.15) is 5.76 Å². The average molecular weight is 328 g/mol. The van der Waals surface area contributed by atoms with Gasteiger partial charge >= 0.3 is 0 Å². The number of aryl methyl sites for hydroxylation is 2.